The first-order chi connectivity index (χ1) is 5.33. The fourth-order valence-electron chi connectivity index (χ4n) is 0.714. The Kier molecular flexibility index (Phi) is 3.39. The largest absolute Gasteiger partial charge is 0.450 e. The summed E-state index contributed by atoms with van der Waals surface area (Å²) in [6.45, 7) is 0.679. The van der Waals surface area contributed by atoms with Crippen LogP contribution in [0, 0.1) is 0 Å². The topological polar surface area (TPSA) is 39.2 Å². The highest BCUT2D eigenvalue weighted by atomic mass is 79.9. The first kappa shape index (κ1) is 8.56. The molecule has 3 heteroatoms. The molecular weight excluding hydrogens is 206 g/mol. The van der Waals surface area contributed by atoms with E-state index >= 15 is 0 Å². The van der Waals surface area contributed by atoms with Crippen LogP contribution in [0.2, 0.25) is 0 Å². The van der Waals surface area contributed by atoms with E-state index < -0.39 is 0 Å². The summed E-state index contributed by atoms with van der Waals surface area (Å²) in [5.41, 5.74) is 5.31. The molecule has 0 fully saturated rings. The van der Waals surface area contributed by atoms with Gasteiger partial charge in [0.2, 0.25) is 0 Å². The lowest BCUT2D eigenvalue weighted by molar-refractivity contribution is 0.531. The Morgan fingerprint density at radius 1 is 1.55 bits per heavy atom. The smallest absolute Gasteiger partial charge is 0.169 e. The zero-order valence-electron chi connectivity index (χ0n) is 6.09. The summed E-state index contributed by atoms with van der Waals surface area (Å²) in [5, 5.41) is 0. The summed E-state index contributed by atoms with van der Waals surface area (Å²) >= 11 is 3.22. The third-order valence-electron chi connectivity index (χ3n) is 1.21. The molecule has 0 aliphatic heterocycles. The highest BCUT2D eigenvalue weighted by Gasteiger charge is 1.92. The van der Waals surface area contributed by atoms with Gasteiger partial charge < -0.3 is 10.2 Å². The Bertz CT molecular complexity index is 242. The maximum atomic E-state index is 5.31. The SMILES string of the molecule is NCCC=Cc1ccc(Br)o1. The minimum atomic E-state index is 0.679. The summed E-state index contributed by atoms with van der Waals surface area (Å²) in [6, 6.07) is 3.76. The summed E-state index contributed by atoms with van der Waals surface area (Å²) in [6.07, 6.45) is 4.79. The van der Waals surface area contributed by atoms with Crippen LogP contribution in [0.3, 0.4) is 0 Å². The summed E-state index contributed by atoms with van der Waals surface area (Å²) in [7, 11) is 0. The minimum absolute atomic E-state index is 0.679. The lowest BCUT2D eigenvalue weighted by Gasteiger charge is -1.84. The lowest BCUT2D eigenvalue weighted by Crippen LogP contribution is -1.94. The van der Waals surface area contributed by atoms with Crippen molar-refractivity contribution in [1.29, 1.82) is 0 Å². The van der Waals surface area contributed by atoms with Gasteiger partial charge in [-0.3, -0.25) is 0 Å². The van der Waals surface area contributed by atoms with Crippen molar-refractivity contribution < 1.29 is 4.42 Å². The van der Waals surface area contributed by atoms with E-state index in [-0.39, 0.29) is 0 Å². The normalized spacial score (nSPS) is 11.1. The Labute approximate surface area is 74.2 Å². The summed E-state index contributed by atoms with van der Waals surface area (Å²) in [4.78, 5) is 0. The van der Waals surface area contributed by atoms with Gasteiger partial charge in [0.1, 0.15) is 5.76 Å². The molecule has 0 aliphatic carbocycles. The third kappa shape index (κ3) is 2.91. The van der Waals surface area contributed by atoms with Gasteiger partial charge in [0.15, 0.2) is 4.67 Å². The highest BCUT2D eigenvalue weighted by Crippen LogP contribution is 2.14. The molecule has 60 valence electrons. The molecule has 0 unspecified atom stereocenters. The molecule has 0 spiro atoms. The van der Waals surface area contributed by atoms with Crippen molar-refractivity contribution in [3.05, 3.63) is 28.6 Å². The molecule has 0 aliphatic rings. The molecule has 0 aromatic carbocycles. The average Bonchev–Trinajstić information content (AvgIpc) is 2.37. The molecule has 0 saturated heterocycles. The van der Waals surface area contributed by atoms with Crippen molar-refractivity contribution in [1.82, 2.24) is 0 Å². The first-order valence-corrected chi connectivity index (χ1v) is 4.24. The van der Waals surface area contributed by atoms with E-state index in [2.05, 4.69) is 15.9 Å². The number of hydrogen-bond acceptors (Lipinski definition) is 2. The second-order valence-electron chi connectivity index (χ2n) is 2.12. The zero-order valence-corrected chi connectivity index (χ0v) is 7.67. The summed E-state index contributed by atoms with van der Waals surface area (Å²) < 4.78 is 5.97. The van der Waals surface area contributed by atoms with Crippen LogP contribution in [0.1, 0.15) is 12.2 Å². The Hall–Kier alpha value is -0.540. The van der Waals surface area contributed by atoms with Crippen LogP contribution in [-0.4, -0.2) is 6.54 Å². The van der Waals surface area contributed by atoms with Gasteiger partial charge in [0.25, 0.3) is 0 Å². The molecule has 1 aromatic rings. The maximum Gasteiger partial charge on any atom is 0.169 e. The lowest BCUT2D eigenvalue weighted by atomic mass is 10.3. The second-order valence-corrected chi connectivity index (χ2v) is 2.90. The highest BCUT2D eigenvalue weighted by molar-refractivity contribution is 9.10. The summed E-state index contributed by atoms with van der Waals surface area (Å²) in [5.74, 6) is 0.852. The number of halogens is 1. The number of furan rings is 1. The maximum absolute atomic E-state index is 5.31. The van der Waals surface area contributed by atoms with Gasteiger partial charge in [-0.05, 0) is 47.1 Å². The fourth-order valence-corrected chi connectivity index (χ4v) is 1.03. The van der Waals surface area contributed by atoms with Crippen LogP contribution in [0.25, 0.3) is 6.08 Å². The minimum Gasteiger partial charge on any atom is -0.450 e. The van der Waals surface area contributed by atoms with E-state index in [0.717, 1.165) is 16.9 Å². The van der Waals surface area contributed by atoms with Gasteiger partial charge in [0, 0.05) is 0 Å². The van der Waals surface area contributed by atoms with Crippen LogP contribution in [0.4, 0.5) is 0 Å². The van der Waals surface area contributed by atoms with E-state index in [9.17, 15) is 0 Å². The molecule has 1 heterocycles. The van der Waals surface area contributed by atoms with Crippen LogP contribution in [0.15, 0.2) is 27.3 Å². The van der Waals surface area contributed by atoms with Crippen molar-refractivity contribution in [2.75, 3.05) is 6.54 Å². The Balaban J connectivity index is 2.50. The molecule has 0 atom stereocenters. The molecule has 0 amide bonds. The molecule has 1 rings (SSSR count). The molecule has 0 radical (unpaired) electrons. The first-order valence-electron chi connectivity index (χ1n) is 3.45. The van der Waals surface area contributed by atoms with Crippen molar-refractivity contribution in [2.24, 2.45) is 5.73 Å². The number of nitrogens with two attached hydrogens (primary N) is 1. The number of hydrogen-bond donors (Lipinski definition) is 1. The van der Waals surface area contributed by atoms with Gasteiger partial charge in [-0.15, -0.1) is 0 Å². The van der Waals surface area contributed by atoms with Gasteiger partial charge >= 0.3 is 0 Å². The standard InChI is InChI=1S/C8H10BrNO/c9-8-5-4-7(11-8)3-1-2-6-10/h1,3-5H,2,6,10H2. The molecule has 11 heavy (non-hydrogen) atoms. The Morgan fingerprint density at radius 3 is 2.91 bits per heavy atom. The van der Waals surface area contributed by atoms with Crippen LogP contribution in [0.5, 0.6) is 0 Å². The quantitative estimate of drug-likeness (QED) is 0.842. The average molecular weight is 216 g/mol. The van der Waals surface area contributed by atoms with Crippen molar-refractivity contribution in [3.8, 4) is 0 Å². The predicted octanol–water partition coefficient (Wildman–Crippen LogP) is 2.40. The Morgan fingerprint density at radius 2 is 2.36 bits per heavy atom. The van der Waals surface area contributed by atoms with E-state index in [1.165, 1.54) is 0 Å². The molecule has 0 bridgehead atoms. The van der Waals surface area contributed by atoms with Gasteiger partial charge in [-0.1, -0.05) is 6.08 Å². The number of rotatable bonds is 3. The predicted molar refractivity (Wildman–Crippen MR) is 49.1 cm³/mol. The van der Waals surface area contributed by atoms with E-state index in [4.69, 9.17) is 10.2 Å². The fraction of sp³-hybridized carbons (Fsp3) is 0.250. The molecule has 2 N–H and O–H groups in total. The van der Waals surface area contributed by atoms with Gasteiger partial charge in [0.05, 0.1) is 0 Å². The monoisotopic (exact) mass is 215 g/mol. The van der Waals surface area contributed by atoms with Crippen molar-refractivity contribution in [3.63, 3.8) is 0 Å². The van der Waals surface area contributed by atoms with Crippen LogP contribution >= 0.6 is 15.9 Å². The molecule has 1 aromatic heterocycles. The molecule has 2 nitrogen and oxygen atoms in total. The van der Waals surface area contributed by atoms with Gasteiger partial charge in [-0.25, -0.2) is 0 Å². The second kappa shape index (κ2) is 4.36. The van der Waals surface area contributed by atoms with E-state index in [1.54, 1.807) is 0 Å². The van der Waals surface area contributed by atoms with Crippen molar-refractivity contribution in [2.45, 2.75) is 6.42 Å². The van der Waals surface area contributed by atoms with Gasteiger partial charge in [-0.2, -0.15) is 0 Å². The molecular formula is C8H10BrNO. The van der Waals surface area contributed by atoms with Crippen molar-refractivity contribution >= 4 is 22.0 Å². The zero-order chi connectivity index (χ0) is 8.10. The third-order valence-corrected chi connectivity index (χ3v) is 1.64. The van der Waals surface area contributed by atoms with E-state index in [0.29, 0.717) is 6.54 Å². The molecule has 0 saturated carbocycles. The van der Waals surface area contributed by atoms with Crippen LogP contribution in [-0.2, 0) is 0 Å². The van der Waals surface area contributed by atoms with Crippen LogP contribution < -0.4 is 5.73 Å². The van der Waals surface area contributed by atoms with E-state index in [1.807, 2.05) is 24.3 Å².